The lowest BCUT2D eigenvalue weighted by Gasteiger charge is -2.40. The minimum atomic E-state index is 0.193. The third-order valence-electron chi connectivity index (χ3n) is 3.76. The van der Waals surface area contributed by atoms with Crippen LogP contribution in [0.3, 0.4) is 0 Å². The summed E-state index contributed by atoms with van der Waals surface area (Å²) in [7, 11) is 1.74. The van der Waals surface area contributed by atoms with Crippen LogP contribution in [0.25, 0.3) is 0 Å². The molecule has 1 aromatic rings. The topological polar surface area (TPSA) is 51.4 Å². The Morgan fingerprint density at radius 3 is 3.11 bits per heavy atom. The summed E-state index contributed by atoms with van der Waals surface area (Å²) in [5.41, 5.74) is 8.87. The van der Waals surface area contributed by atoms with Crippen LogP contribution in [0.15, 0.2) is 18.5 Å². The minimum absolute atomic E-state index is 0.193. The molecule has 4 nitrogen and oxygen atoms in total. The fourth-order valence-corrected chi connectivity index (χ4v) is 2.77. The van der Waals surface area contributed by atoms with Gasteiger partial charge in [0.1, 0.15) is 0 Å². The Bertz CT molecular complexity index is 383. The molecule has 0 aliphatic carbocycles. The number of hydrogen-bond acceptors (Lipinski definition) is 4. The van der Waals surface area contributed by atoms with Crippen LogP contribution in [0.2, 0.25) is 0 Å². The summed E-state index contributed by atoms with van der Waals surface area (Å²) in [5.74, 6) is 0. The van der Waals surface area contributed by atoms with Crippen molar-refractivity contribution in [2.45, 2.75) is 31.8 Å². The maximum atomic E-state index is 6.33. The first kappa shape index (κ1) is 13.5. The first-order valence-corrected chi connectivity index (χ1v) is 6.63. The predicted octanol–water partition coefficient (Wildman–Crippen LogP) is 1.50. The van der Waals surface area contributed by atoms with Gasteiger partial charge in [-0.2, -0.15) is 0 Å². The van der Waals surface area contributed by atoms with Crippen LogP contribution in [0.5, 0.6) is 0 Å². The van der Waals surface area contributed by atoms with Gasteiger partial charge in [0.15, 0.2) is 0 Å². The molecule has 2 N–H and O–H groups in total. The number of piperidine rings is 1. The molecular weight excluding hydrogens is 226 g/mol. The molecular formula is C14H23N3O. The molecule has 18 heavy (non-hydrogen) atoms. The molecule has 1 saturated heterocycles. The Kier molecular flexibility index (Phi) is 4.69. The van der Waals surface area contributed by atoms with Crippen molar-refractivity contribution in [3.05, 3.63) is 29.6 Å². The average molecular weight is 249 g/mol. The van der Waals surface area contributed by atoms with Crippen LogP contribution in [-0.2, 0) is 4.74 Å². The van der Waals surface area contributed by atoms with E-state index in [-0.39, 0.29) is 12.1 Å². The van der Waals surface area contributed by atoms with E-state index in [1.54, 1.807) is 7.11 Å². The van der Waals surface area contributed by atoms with Gasteiger partial charge in [0.25, 0.3) is 0 Å². The molecule has 2 atom stereocenters. The fourth-order valence-electron chi connectivity index (χ4n) is 2.77. The second-order valence-electron chi connectivity index (χ2n) is 5.01. The lowest BCUT2D eigenvalue weighted by atomic mass is 9.90. The van der Waals surface area contributed by atoms with Gasteiger partial charge < -0.3 is 10.5 Å². The van der Waals surface area contributed by atoms with Crippen molar-refractivity contribution < 1.29 is 4.74 Å². The average Bonchev–Trinajstić information content (AvgIpc) is 2.38. The zero-order chi connectivity index (χ0) is 13.0. The number of aryl methyl sites for hydroxylation is 1. The smallest absolute Gasteiger partial charge is 0.0589 e. The summed E-state index contributed by atoms with van der Waals surface area (Å²) in [6, 6.07) is 2.53. The van der Waals surface area contributed by atoms with Crippen molar-refractivity contribution >= 4 is 0 Å². The van der Waals surface area contributed by atoms with E-state index >= 15 is 0 Å². The lowest BCUT2D eigenvalue weighted by Crippen LogP contribution is -2.47. The quantitative estimate of drug-likeness (QED) is 0.878. The molecule has 100 valence electrons. The van der Waals surface area contributed by atoms with Crippen molar-refractivity contribution in [1.82, 2.24) is 9.88 Å². The highest BCUT2D eigenvalue weighted by molar-refractivity contribution is 5.27. The standard InChI is InChI=1S/C14H23N3O/c1-11-5-6-16-10-12(11)14-13(15)4-3-7-17(14)8-9-18-2/h5-6,10,13-14H,3-4,7-9,15H2,1-2H3. The summed E-state index contributed by atoms with van der Waals surface area (Å²) in [4.78, 5) is 6.69. The lowest BCUT2D eigenvalue weighted by molar-refractivity contribution is 0.0843. The molecule has 0 saturated carbocycles. The van der Waals surface area contributed by atoms with Gasteiger partial charge >= 0.3 is 0 Å². The molecule has 1 aliphatic heterocycles. The second kappa shape index (κ2) is 6.27. The van der Waals surface area contributed by atoms with Crippen molar-refractivity contribution in [3.8, 4) is 0 Å². The Labute approximate surface area is 109 Å². The van der Waals surface area contributed by atoms with Crippen LogP contribution in [0.1, 0.15) is 30.0 Å². The molecule has 1 fully saturated rings. The van der Waals surface area contributed by atoms with Crippen LogP contribution in [0, 0.1) is 6.92 Å². The van der Waals surface area contributed by atoms with E-state index in [9.17, 15) is 0 Å². The summed E-state index contributed by atoms with van der Waals surface area (Å²) in [5, 5.41) is 0. The van der Waals surface area contributed by atoms with Crippen LogP contribution in [-0.4, -0.2) is 42.7 Å². The van der Waals surface area contributed by atoms with E-state index < -0.39 is 0 Å². The van der Waals surface area contributed by atoms with E-state index in [0.29, 0.717) is 0 Å². The van der Waals surface area contributed by atoms with Gasteiger partial charge in [-0.05, 0) is 43.5 Å². The molecule has 0 aromatic carbocycles. The molecule has 4 heteroatoms. The van der Waals surface area contributed by atoms with Crippen LogP contribution < -0.4 is 5.73 Å². The van der Waals surface area contributed by atoms with Crippen molar-refractivity contribution in [2.24, 2.45) is 5.73 Å². The summed E-state index contributed by atoms with van der Waals surface area (Å²) < 4.78 is 5.20. The van der Waals surface area contributed by atoms with Crippen molar-refractivity contribution in [3.63, 3.8) is 0 Å². The number of methoxy groups -OCH3 is 1. The monoisotopic (exact) mass is 249 g/mol. The maximum Gasteiger partial charge on any atom is 0.0589 e. The Balaban J connectivity index is 2.21. The Morgan fingerprint density at radius 1 is 1.56 bits per heavy atom. The van der Waals surface area contributed by atoms with Gasteiger partial charge in [0.05, 0.1) is 12.6 Å². The highest BCUT2D eigenvalue weighted by Crippen LogP contribution is 2.31. The summed E-state index contributed by atoms with van der Waals surface area (Å²) >= 11 is 0. The van der Waals surface area contributed by atoms with Crippen molar-refractivity contribution in [2.75, 3.05) is 26.8 Å². The Morgan fingerprint density at radius 2 is 2.39 bits per heavy atom. The van der Waals surface area contributed by atoms with Gasteiger partial charge in [-0.25, -0.2) is 0 Å². The normalized spacial score (nSPS) is 25.3. The number of aromatic nitrogens is 1. The molecule has 0 amide bonds. The third-order valence-corrected chi connectivity index (χ3v) is 3.76. The zero-order valence-electron chi connectivity index (χ0n) is 11.3. The predicted molar refractivity (Wildman–Crippen MR) is 72.4 cm³/mol. The summed E-state index contributed by atoms with van der Waals surface area (Å²) in [6.07, 6.45) is 6.06. The first-order valence-electron chi connectivity index (χ1n) is 6.63. The SMILES string of the molecule is COCCN1CCCC(N)C1c1cnccc1C. The highest BCUT2D eigenvalue weighted by Gasteiger charge is 2.30. The van der Waals surface area contributed by atoms with Gasteiger partial charge in [-0.3, -0.25) is 9.88 Å². The number of likely N-dealkylation sites (tertiary alicyclic amines) is 1. The summed E-state index contributed by atoms with van der Waals surface area (Å²) in [6.45, 7) is 4.91. The number of nitrogens with zero attached hydrogens (tertiary/aromatic N) is 2. The van der Waals surface area contributed by atoms with Crippen molar-refractivity contribution in [1.29, 1.82) is 0 Å². The largest absolute Gasteiger partial charge is 0.383 e. The molecule has 2 rings (SSSR count). The van der Waals surface area contributed by atoms with E-state index in [2.05, 4.69) is 22.9 Å². The number of pyridine rings is 1. The van der Waals surface area contributed by atoms with E-state index in [1.807, 2.05) is 12.4 Å². The molecule has 2 heterocycles. The van der Waals surface area contributed by atoms with E-state index in [4.69, 9.17) is 10.5 Å². The number of hydrogen-bond donors (Lipinski definition) is 1. The number of ether oxygens (including phenoxy) is 1. The van der Waals surface area contributed by atoms with Crippen LogP contribution >= 0.6 is 0 Å². The van der Waals surface area contributed by atoms with Gasteiger partial charge in [0, 0.05) is 32.1 Å². The van der Waals surface area contributed by atoms with E-state index in [1.165, 1.54) is 17.5 Å². The van der Waals surface area contributed by atoms with Crippen LogP contribution in [0.4, 0.5) is 0 Å². The molecule has 2 unspecified atom stereocenters. The number of rotatable bonds is 4. The first-order chi connectivity index (χ1) is 8.74. The zero-order valence-corrected chi connectivity index (χ0v) is 11.3. The minimum Gasteiger partial charge on any atom is -0.383 e. The second-order valence-corrected chi connectivity index (χ2v) is 5.01. The van der Waals surface area contributed by atoms with Gasteiger partial charge in [-0.1, -0.05) is 0 Å². The maximum absolute atomic E-state index is 6.33. The number of nitrogens with two attached hydrogens (primary N) is 1. The Hall–Kier alpha value is -0.970. The van der Waals surface area contributed by atoms with E-state index in [0.717, 1.165) is 26.1 Å². The highest BCUT2D eigenvalue weighted by atomic mass is 16.5. The molecule has 0 bridgehead atoms. The fraction of sp³-hybridized carbons (Fsp3) is 0.643. The third kappa shape index (κ3) is 2.88. The molecule has 0 spiro atoms. The van der Waals surface area contributed by atoms with Gasteiger partial charge in [-0.15, -0.1) is 0 Å². The molecule has 0 radical (unpaired) electrons. The molecule has 1 aromatic heterocycles. The van der Waals surface area contributed by atoms with Gasteiger partial charge in [0.2, 0.25) is 0 Å². The molecule has 1 aliphatic rings.